The lowest BCUT2D eigenvalue weighted by atomic mass is 10.1. The Hall–Kier alpha value is -1.22. The Morgan fingerprint density at radius 3 is 2.85 bits per heavy atom. The van der Waals surface area contributed by atoms with Crippen molar-refractivity contribution in [3.05, 3.63) is 28.8 Å². The zero-order valence-electron chi connectivity index (χ0n) is 6.93. The molecule has 1 aliphatic heterocycles. The van der Waals surface area contributed by atoms with Crippen molar-refractivity contribution in [1.82, 2.24) is 5.32 Å². The van der Waals surface area contributed by atoms with E-state index in [1.807, 2.05) is 6.07 Å². The Bertz CT molecular complexity index is 351. The van der Waals surface area contributed by atoms with Gasteiger partial charge < -0.3 is 10.6 Å². The molecule has 0 atom stereocenters. The van der Waals surface area contributed by atoms with Crippen molar-refractivity contribution in [2.24, 2.45) is 0 Å². The van der Waals surface area contributed by atoms with Crippen LogP contribution in [0.25, 0.3) is 0 Å². The highest BCUT2D eigenvalue weighted by Crippen LogP contribution is 2.21. The molecule has 13 heavy (non-hydrogen) atoms. The molecule has 1 aromatic carbocycles. The lowest BCUT2D eigenvalue weighted by molar-refractivity contribution is 0.0958. The fraction of sp³-hybridized carbons (Fsp3) is 0.222. The number of carbonyl (C=O) groups excluding carboxylic acids is 1. The molecule has 3 nitrogen and oxygen atoms in total. The van der Waals surface area contributed by atoms with Gasteiger partial charge in [0.2, 0.25) is 0 Å². The van der Waals surface area contributed by atoms with E-state index in [2.05, 4.69) is 10.6 Å². The quantitative estimate of drug-likeness (QED) is 0.660. The number of carbonyl (C=O) groups is 1. The molecule has 0 aromatic heterocycles. The lowest BCUT2D eigenvalue weighted by Crippen LogP contribution is -2.24. The minimum atomic E-state index is -0.0671. The first-order valence-electron chi connectivity index (χ1n) is 4.09. The second-order valence-electron chi connectivity index (χ2n) is 2.87. The molecule has 0 unspecified atom stereocenters. The van der Waals surface area contributed by atoms with E-state index in [0.29, 0.717) is 17.1 Å². The monoisotopic (exact) mass is 196 g/mol. The normalized spacial score (nSPS) is 15.3. The lowest BCUT2D eigenvalue weighted by Gasteiger charge is -2.04. The van der Waals surface area contributed by atoms with Crippen LogP contribution in [0.5, 0.6) is 0 Å². The molecule has 68 valence electrons. The predicted octanol–water partition coefficient (Wildman–Crippen LogP) is 1.50. The minimum Gasteiger partial charge on any atom is -0.383 e. The van der Waals surface area contributed by atoms with E-state index >= 15 is 0 Å². The van der Waals surface area contributed by atoms with E-state index in [1.54, 1.807) is 12.1 Å². The summed E-state index contributed by atoms with van der Waals surface area (Å²) in [6, 6.07) is 5.26. The summed E-state index contributed by atoms with van der Waals surface area (Å²) in [4.78, 5) is 11.4. The number of nitrogens with one attached hydrogen (secondary N) is 2. The van der Waals surface area contributed by atoms with Crippen LogP contribution in [0.15, 0.2) is 18.2 Å². The molecule has 0 saturated heterocycles. The van der Waals surface area contributed by atoms with Crippen LogP contribution in [0, 0.1) is 0 Å². The molecule has 1 amide bonds. The summed E-state index contributed by atoms with van der Waals surface area (Å²) < 4.78 is 0. The summed E-state index contributed by atoms with van der Waals surface area (Å²) in [5.74, 6) is -0.0671. The zero-order valence-corrected chi connectivity index (χ0v) is 7.69. The van der Waals surface area contributed by atoms with Crippen molar-refractivity contribution in [3.8, 4) is 0 Å². The van der Waals surface area contributed by atoms with Crippen LogP contribution in [0.3, 0.4) is 0 Å². The molecule has 4 heteroatoms. The van der Waals surface area contributed by atoms with Gasteiger partial charge >= 0.3 is 0 Å². The zero-order chi connectivity index (χ0) is 9.26. The van der Waals surface area contributed by atoms with Gasteiger partial charge in [0.05, 0.1) is 5.56 Å². The Morgan fingerprint density at radius 2 is 2.00 bits per heavy atom. The smallest absolute Gasteiger partial charge is 0.253 e. The van der Waals surface area contributed by atoms with Gasteiger partial charge in [-0.25, -0.2) is 0 Å². The van der Waals surface area contributed by atoms with E-state index in [-0.39, 0.29) is 5.91 Å². The third-order valence-electron chi connectivity index (χ3n) is 1.95. The predicted molar refractivity (Wildman–Crippen MR) is 52.3 cm³/mol. The highest BCUT2D eigenvalue weighted by Gasteiger charge is 2.14. The van der Waals surface area contributed by atoms with Crippen molar-refractivity contribution in [2.45, 2.75) is 0 Å². The summed E-state index contributed by atoms with van der Waals surface area (Å²) in [6.45, 7) is 1.39. The van der Waals surface area contributed by atoms with Gasteiger partial charge in [-0.2, -0.15) is 0 Å². The molecule has 1 aliphatic rings. The fourth-order valence-electron chi connectivity index (χ4n) is 1.33. The molecular formula is C9H9ClN2O. The third-order valence-corrected chi connectivity index (χ3v) is 2.19. The molecule has 0 saturated carbocycles. The standard InChI is InChI=1S/C9H9ClN2O/c10-6-1-2-8-7(5-6)9(13)12-4-3-11-8/h1-2,5,11H,3-4H2,(H,12,13). The van der Waals surface area contributed by atoms with Crippen molar-refractivity contribution in [3.63, 3.8) is 0 Å². The molecule has 0 fully saturated rings. The molecule has 1 aromatic rings. The van der Waals surface area contributed by atoms with Crippen LogP contribution in [0.2, 0.25) is 5.02 Å². The van der Waals surface area contributed by atoms with Gasteiger partial charge in [0, 0.05) is 23.8 Å². The largest absolute Gasteiger partial charge is 0.383 e. The average molecular weight is 197 g/mol. The minimum absolute atomic E-state index is 0.0671. The van der Waals surface area contributed by atoms with Crippen LogP contribution in [0.4, 0.5) is 5.69 Å². The first-order chi connectivity index (χ1) is 6.27. The van der Waals surface area contributed by atoms with E-state index in [9.17, 15) is 4.79 Å². The van der Waals surface area contributed by atoms with Gasteiger partial charge in [0.15, 0.2) is 0 Å². The second-order valence-corrected chi connectivity index (χ2v) is 3.31. The highest BCUT2D eigenvalue weighted by molar-refractivity contribution is 6.31. The second kappa shape index (κ2) is 3.26. The van der Waals surface area contributed by atoms with Crippen molar-refractivity contribution >= 4 is 23.2 Å². The molecule has 2 N–H and O–H groups in total. The highest BCUT2D eigenvalue weighted by atomic mass is 35.5. The van der Waals surface area contributed by atoms with E-state index in [0.717, 1.165) is 12.2 Å². The maximum absolute atomic E-state index is 11.4. The van der Waals surface area contributed by atoms with Crippen molar-refractivity contribution < 1.29 is 4.79 Å². The summed E-state index contributed by atoms with van der Waals surface area (Å²) in [7, 11) is 0. The summed E-state index contributed by atoms with van der Waals surface area (Å²) in [6.07, 6.45) is 0. The van der Waals surface area contributed by atoms with Gasteiger partial charge in [-0.1, -0.05) is 11.6 Å². The maximum atomic E-state index is 11.4. The van der Waals surface area contributed by atoms with Crippen molar-refractivity contribution in [2.75, 3.05) is 18.4 Å². The first-order valence-corrected chi connectivity index (χ1v) is 4.47. The summed E-state index contributed by atoms with van der Waals surface area (Å²) >= 11 is 5.79. The van der Waals surface area contributed by atoms with E-state index in [4.69, 9.17) is 11.6 Å². The van der Waals surface area contributed by atoms with E-state index < -0.39 is 0 Å². The molecule has 0 aliphatic carbocycles. The number of hydrogen-bond acceptors (Lipinski definition) is 2. The molecule has 0 radical (unpaired) electrons. The van der Waals surface area contributed by atoms with Crippen LogP contribution in [-0.4, -0.2) is 19.0 Å². The Morgan fingerprint density at radius 1 is 1.23 bits per heavy atom. The number of hydrogen-bond donors (Lipinski definition) is 2. The number of rotatable bonds is 0. The average Bonchev–Trinajstić information content (AvgIpc) is 2.29. The van der Waals surface area contributed by atoms with Crippen LogP contribution in [0.1, 0.15) is 10.4 Å². The third kappa shape index (κ3) is 1.60. The molecule has 2 rings (SSSR count). The Balaban J connectivity index is 2.49. The van der Waals surface area contributed by atoms with Gasteiger partial charge in [0.25, 0.3) is 5.91 Å². The summed E-state index contributed by atoms with van der Waals surface area (Å²) in [5.41, 5.74) is 1.46. The number of benzene rings is 1. The maximum Gasteiger partial charge on any atom is 0.253 e. The SMILES string of the molecule is O=C1NCCNc2ccc(Cl)cc21. The Kier molecular flexibility index (Phi) is 2.10. The van der Waals surface area contributed by atoms with Gasteiger partial charge in [-0.15, -0.1) is 0 Å². The van der Waals surface area contributed by atoms with Gasteiger partial charge in [-0.05, 0) is 18.2 Å². The Labute approximate surface area is 81.1 Å². The van der Waals surface area contributed by atoms with Gasteiger partial charge in [0.1, 0.15) is 0 Å². The van der Waals surface area contributed by atoms with Gasteiger partial charge in [-0.3, -0.25) is 4.79 Å². The molecular weight excluding hydrogens is 188 g/mol. The number of amides is 1. The topological polar surface area (TPSA) is 41.1 Å². The number of anilines is 1. The van der Waals surface area contributed by atoms with Crippen LogP contribution in [-0.2, 0) is 0 Å². The van der Waals surface area contributed by atoms with Crippen LogP contribution >= 0.6 is 11.6 Å². The van der Waals surface area contributed by atoms with Crippen molar-refractivity contribution in [1.29, 1.82) is 0 Å². The summed E-state index contributed by atoms with van der Waals surface area (Å²) in [5, 5.41) is 6.49. The first kappa shape index (κ1) is 8.38. The fourth-order valence-corrected chi connectivity index (χ4v) is 1.50. The number of fused-ring (bicyclic) bond motifs is 1. The molecule has 1 heterocycles. The molecule has 0 bridgehead atoms. The van der Waals surface area contributed by atoms with Crippen LogP contribution < -0.4 is 10.6 Å². The number of halogens is 1. The molecule has 0 spiro atoms. The van der Waals surface area contributed by atoms with E-state index in [1.165, 1.54) is 0 Å².